The first-order valence-corrected chi connectivity index (χ1v) is 8.34. The molecular formula is C17H26BrNO. The molecule has 0 aliphatic carbocycles. The van der Waals surface area contributed by atoms with Crippen molar-refractivity contribution in [2.45, 2.75) is 52.9 Å². The van der Waals surface area contributed by atoms with Gasteiger partial charge in [0.2, 0.25) is 0 Å². The summed E-state index contributed by atoms with van der Waals surface area (Å²) in [6.45, 7) is 7.31. The maximum atomic E-state index is 12.0. The molecule has 1 rings (SSSR count). The van der Waals surface area contributed by atoms with Crippen molar-refractivity contribution >= 4 is 21.8 Å². The zero-order valence-electron chi connectivity index (χ0n) is 12.8. The summed E-state index contributed by atoms with van der Waals surface area (Å²) in [6, 6.07) is 5.72. The molecule has 0 aliphatic heterocycles. The number of amides is 1. The lowest BCUT2D eigenvalue weighted by Gasteiger charge is -2.07. The van der Waals surface area contributed by atoms with Crippen molar-refractivity contribution in [3.63, 3.8) is 0 Å². The number of rotatable bonds is 8. The second-order valence-corrected chi connectivity index (χ2v) is 6.67. The number of hydrogen-bond donors (Lipinski definition) is 1. The zero-order valence-corrected chi connectivity index (χ0v) is 14.4. The standard InChI is InChI=1S/C17H26BrNO/c1-13(2)8-6-4-5-7-11-19-17(20)15-10-9-14(3)16(18)12-15/h9-10,12-13H,4-8,11H2,1-3H3,(H,19,20). The third-order valence-corrected chi connectivity index (χ3v) is 4.28. The van der Waals surface area contributed by atoms with Crippen LogP contribution in [0.25, 0.3) is 0 Å². The van der Waals surface area contributed by atoms with Crippen LogP contribution in [-0.2, 0) is 0 Å². The molecule has 1 aromatic rings. The molecule has 0 saturated heterocycles. The van der Waals surface area contributed by atoms with Crippen LogP contribution in [0.1, 0.15) is 61.9 Å². The minimum absolute atomic E-state index is 0.0212. The van der Waals surface area contributed by atoms with Gasteiger partial charge in [-0.15, -0.1) is 0 Å². The SMILES string of the molecule is Cc1ccc(C(=O)NCCCCCCC(C)C)cc1Br. The number of benzene rings is 1. The topological polar surface area (TPSA) is 29.1 Å². The fourth-order valence-corrected chi connectivity index (χ4v) is 2.45. The fraction of sp³-hybridized carbons (Fsp3) is 0.588. The van der Waals surface area contributed by atoms with Crippen molar-refractivity contribution in [1.82, 2.24) is 5.32 Å². The summed E-state index contributed by atoms with van der Waals surface area (Å²) in [5.41, 5.74) is 1.87. The van der Waals surface area contributed by atoms with Gasteiger partial charge < -0.3 is 5.32 Å². The number of halogens is 1. The molecule has 0 radical (unpaired) electrons. The van der Waals surface area contributed by atoms with E-state index in [2.05, 4.69) is 35.1 Å². The molecule has 112 valence electrons. The Bertz CT molecular complexity index is 429. The third kappa shape index (κ3) is 6.56. The van der Waals surface area contributed by atoms with E-state index in [1.165, 1.54) is 25.7 Å². The van der Waals surface area contributed by atoms with E-state index in [1.807, 2.05) is 25.1 Å². The Morgan fingerprint density at radius 3 is 2.55 bits per heavy atom. The number of carbonyl (C=O) groups is 1. The first kappa shape index (κ1) is 17.2. The van der Waals surface area contributed by atoms with E-state index < -0.39 is 0 Å². The molecular weight excluding hydrogens is 314 g/mol. The van der Waals surface area contributed by atoms with Crippen LogP contribution in [-0.4, -0.2) is 12.5 Å². The Labute approximate surface area is 131 Å². The van der Waals surface area contributed by atoms with Gasteiger partial charge in [0, 0.05) is 16.6 Å². The number of aryl methyl sites for hydroxylation is 1. The molecule has 0 aromatic heterocycles. The maximum absolute atomic E-state index is 12.0. The minimum Gasteiger partial charge on any atom is -0.352 e. The van der Waals surface area contributed by atoms with Gasteiger partial charge in [0.15, 0.2) is 0 Å². The Morgan fingerprint density at radius 2 is 1.90 bits per heavy atom. The summed E-state index contributed by atoms with van der Waals surface area (Å²) in [5, 5.41) is 2.99. The summed E-state index contributed by atoms with van der Waals surface area (Å²) in [4.78, 5) is 12.0. The van der Waals surface area contributed by atoms with Crippen molar-refractivity contribution < 1.29 is 4.79 Å². The molecule has 0 spiro atoms. The lowest BCUT2D eigenvalue weighted by Crippen LogP contribution is -2.24. The molecule has 0 heterocycles. The second kappa shape index (κ2) is 9.17. The molecule has 0 atom stereocenters. The summed E-state index contributed by atoms with van der Waals surface area (Å²) < 4.78 is 0.985. The van der Waals surface area contributed by atoms with Crippen molar-refractivity contribution in [3.8, 4) is 0 Å². The van der Waals surface area contributed by atoms with Gasteiger partial charge in [-0.1, -0.05) is 61.5 Å². The molecule has 0 saturated carbocycles. The lowest BCUT2D eigenvalue weighted by molar-refractivity contribution is 0.0953. The monoisotopic (exact) mass is 339 g/mol. The normalized spacial score (nSPS) is 10.8. The lowest BCUT2D eigenvalue weighted by atomic mass is 10.0. The predicted molar refractivity (Wildman–Crippen MR) is 89.1 cm³/mol. The van der Waals surface area contributed by atoms with Crippen molar-refractivity contribution in [3.05, 3.63) is 33.8 Å². The molecule has 1 amide bonds. The van der Waals surface area contributed by atoms with Gasteiger partial charge in [-0.05, 0) is 37.0 Å². The molecule has 3 heteroatoms. The first-order valence-electron chi connectivity index (χ1n) is 7.55. The van der Waals surface area contributed by atoms with Crippen LogP contribution in [0.2, 0.25) is 0 Å². The number of nitrogens with one attached hydrogen (secondary N) is 1. The molecule has 0 unspecified atom stereocenters. The number of carbonyl (C=O) groups excluding carboxylic acids is 1. The Balaban J connectivity index is 2.18. The van der Waals surface area contributed by atoms with Crippen LogP contribution in [0.4, 0.5) is 0 Å². The highest BCUT2D eigenvalue weighted by molar-refractivity contribution is 9.10. The van der Waals surface area contributed by atoms with Crippen LogP contribution < -0.4 is 5.32 Å². The van der Waals surface area contributed by atoms with Crippen molar-refractivity contribution in [2.75, 3.05) is 6.54 Å². The van der Waals surface area contributed by atoms with Crippen molar-refractivity contribution in [2.24, 2.45) is 5.92 Å². The summed E-state index contributed by atoms with van der Waals surface area (Å²) in [6.07, 6.45) is 6.14. The quantitative estimate of drug-likeness (QED) is 0.656. The van der Waals surface area contributed by atoms with Crippen LogP contribution in [0, 0.1) is 12.8 Å². The van der Waals surface area contributed by atoms with Gasteiger partial charge in [-0.2, -0.15) is 0 Å². The average Bonchev–Trinajstić information content (AvgIpc) is 2.40. The minimum atomic E-state index is 0.0212. The molecule has 1 aromatic carbocycles. The smallest absolute Gasteiger partial charge is 0.251 e. The Kier molecular flexibility index (Phi) is 7.90. The van der Waals surface area contributed by atoms with Crippen LogP contribution in [0.15, 0.2) is 22.7 Å². The summed E-state index contributed by atoms with van der Waals surface area (Å²) >= 11 is 3.46. The number of unbranched alkanes of at least 4 members (excludes halogenated alkanes) is 3. The third-order valence-electron chi connectivity index (χ3n) is 3.43. The fourth-order valence-electron chi connectivity index (χ4n) is 2.07. The highest BCUT2D eigenvalue weighted by Crippen LogP contribution is 2.17. The van der Waals surface area contributed by atoms with Crippen LogP contribution >= 0.6 is 15.9 Å². The van der Waals surface area contributed by atoms with E-state index in [-0.39, 0.29) is 5.91 Å². The largest absolute Gasteiger partial charge is 0.352 e. The zero-order chi connectivity index (χ0) is 15.0. The van der Waals surface area contributed by atoms with Gasteiger partial charge in [0.05, 0.1) is 0 Å². The van der Waals surface area contributed by atoms with Gasteiger partial charge in [0.1, 0.15) is 0 Å². The van der Waals surface area contributed by atoms with Gasteiger partial charge in [0.25, 0.3) is 5.91 Å². The van der Waals surface area contributed by atoms with Gasteiger partial charge in [-0.25, -0.2) is 0 Å². The summed E-state index contributed by atoms with van der Waals surface area (Å²) in [7, 11) is 0. The Hall–Kier alpha value is -0.830. The first-order chi connectivity index (χ1) is 9.50. The Morgan fingerprint density at radius 1 is 1.20 bits per heavy atom. The van der Waals surface area contributed by atoms with Crippen LogP contribution in [0.5, 0.6) is 0 Å². The van der Waals surface area contributed by atoms with Crippen molar-refractivity contribution in [1.29, 1.82) is 0 Å². The van der Waals surface area contributed by atoms with Gasteiger partial charge >= 0.3 is 0 Å². The second-order valence-electron chi connectivity index (χ2n) is 5.82. The highest BCUT2D eigenvalue weighted by atomic mass is 79.9. The van der Waals surface area contributed by atoms with E-state index in [0.29, 0.717) is 0 Å². The van der Waals surface area contributed by atoms with E-state index in [4.69, 9.17) is 0 Å². The molecule has 0 fully saturated rings. The molecule has 20 heavy (non-hydrogen) atoms. The average molecular weight is 340 g/mol. The molecule has 1 N–H and O–H groups in total. The number of hydrogen-bond acceptors (Lipinski definition) is 1. The molecule has 0 aliphatic rings. The van der Waals surface area contributed by atoms with E-state index in [1.54, 1.807) is 0 Å². The van der Waals surface area contributed by atoms with Gasteiger partial charge in [-0.3, -0.25) is 4.79 Å². The van der Waals surface area contributed by atoms with E-state index in [9.17, 15) is 4.79 Å². The van der Waals surface area contributed by atoms with Crippen LogP contribution in [0.3, 0.4) is 0 Å². The predicted octanol–water partition coefficient (Wildman–Crippen LogP) is 5.09. The van der Waals surface area contributed by atoms with E-state index in [0.717, 1.165) is 34.5 Å². The summed E-state index contributed by atoms with van der Waals surface area (Å²) in [5.74, 6) is 0.822. The molecule has 2 nitrogen and oxygen atoms in total. The maximum Gasteiger partial charge on any atom is 0.251 e. The molecule has 0 bridgehead atoms. The van der Waals surface area contributed by atoms with E-state index >= 15 is 0 Å². The highest BCUT2D eigenvalue weighted by Gasteiger charge is 2.06.